The topological polar surface area (TPSA) is 24.1 Å². The predicted octanol–water partition coefficient (Wildman–Crippen LogP) is 6.09. The van der Waals surface area contributed by atoms with Crippen LogP contribution in [0.4, 0.5) is 5.69 Å². The van der Waals surface area contributed by atoms with Crippen molar-refractivity contribution >= 4 is 5.69 Å². The van der Waals surface area contributed by atoms with E-state index in [0.717, 1.165) is 17.2 Å². The molecule has 1 aromatic carbocycles. The molecule has 2 nitrogen and oxygen atoms in total. The molecule has 0 saturated heterocycles. The Morgan fingerprint density at radius 3 is 2.22 bits per heavy atom. The zero-order valence-electron chi connectivity index (χ0n) is 15.4. The molecule has 128 valence electrons. The minimum atomic E-state index is 0.416. The van der Waals surface area contributed by atoms with Crippen LogP contribution in [0.5, 0.6) is 0 Å². The molecule has 0 heterocycles. The Balaban J connectivity index is 2.42. The van der Waals surface area contributed by atoms with E-state index in [9.17, 15) is 0 Å². The summed E-state index contributed by atoms with van der Waals surface area (Å²) in [6, 6.07) is 8.65. The van der Waals surface area contributed by atoms with E-state index in [1.54, 1.807) is 0 Å². The molecule has 0 aliphatic rings. The third-order valence-corrected chi connectivity index (χ3v) is 4.43. The summed E-state index contributed by atoms with van der Waals surface area (Å²) >= 11 is 0. The minimum Gasteiger partial charge on any atom is -0.346 e. The molecule has 0 spiro atoms. The lowest BCUT2D eigenvalue weighted by Gasteiger charge is -2.21. The van der Waals surface area contributed by atoms with Gasteiger partial charge in [-0.3, -0.25) is 0 Å². The SMILES string of the molecule is C=C(NC(=C)C(C)C(C)C)Nc1ccc(CCCCCC)cc1. The Morgan fingerprint density at radius 2 is 1.65 bits per heavy atom. The second kappa shape index (κ2) is 10.1. The summed E-state index contributed by atoms with van der Waals surface area (Å²) in [7, 11) is 0. The zero-order valence-corrected chi connectivity index (χ0v) is 15.4. The van der Waals surface area contributed by atoms with E-state index >= 15 is 0 Å². The first-order valence-electron chi connectivity index (χ1n) is 8.94. The maximum atomic E-state index is 4.11. The summed E-state index contributed by atoms with van der Waals surface area (Å²) in [5.74, 6) is 1.76. The number of aryl methyl sites for hydroxylation is 1. The standard InChI is InChI=1S/C21H34N2/c1-7-8-9-10-11-20-12-14-21(15-13-20)23-19(6)22-18(5)17(4)16(2)3/h12-17,22-23H,5-11H2,1-4H3. The number of anilines is 1. The first-order chi connectivity index (χ1) is 10.9. The van der Waals surface area contributed by atoms with Crippen molar-refractivity contribution in [3.8, 4) is 0 Å². The summed E-state index contributed by atoms with van der Waals surface area (Å²) < 4.78 is 0. The van der Waals surface area contributed by atoms with Gasteiger partial charge in [-0.25, -0.2) is 0 Å². The monoisotopic (exact) mass is 314 g/mol. The number of hydrogen-bond acceptors (Lipinski definition) is 2. The third-order valence-electron chi connectivity index (χ3n) is 4.43. The molecule has 1 rings (SSSR count). The molecule has 0 radical (unpaired) electrons. The fourth-order valence-corrected chi connectivity index (χ4v) is 2.43. The van der Waals surface area contributed by atoms with Crippen LogP contribution in [-0.4, -0.2) is 0 Å². The molecule has 1 unspecified atom stereocenters. The van der Waals surface area contributed by atoms with Crippen molar-refractivity contribution in [1.82, 2.24) is 5.32 Å². The smallest absolute Gasteiger partial charge is 0.0999 e. The highest BCUT2D eigenvalue weighted by atomic mass is 15.1. The first-order valence-corrected chi connectivity index (χ1v) is 8.94. The van der Waals surface area contributed by atoms with E-state index in [0.29, 0.717) is 11.8 Å². The van der Waals surface area contributed by atoms with Gasteiger partial charge in [0.1, 0.15) is 0 Å². The van der Waals surface area contributed by atoms with Gasteiger partial charge in [-0.2, -0.15) is 0 Å². The summed E-state index contributed by atoms with van der Waals surface area (Å²) in [5, 5.41) is 6.58. The van der Waals surface area contributed by atoms with Crippen molar-refractivity contribution in [3.63, 3.8) is 0 Å². The second-order valence-corrected chi connectivity index (χ2v) is 6.79. The largest absolute Gasteiger partial charge is 0.346 e. The summed E-state index contributed by atoms with van der Waals surface area (Å²) in [4.78, 5) is 0. The lowest BCUT2D eigenvalue weighted by Crippen LogP contribution is -2.23. The average Bonchev–Trinajstić information content (AvgIpc) is 2.52. The van der Waals surface area contributed by atoms with Crippen LogP contribution < -0.4 is 10.6 Å². The van der Waals surface area contributed by atoms with Gasteiger partial charge < -0.3 is 10.6 Å². The highest BCUT2D eigenvalue weighted by Crippen LogP contribution is 2.18. The van der Waals surface area contributed by atoms with E-state index in [4.69, 9.17) is 0 Å². The Morgan fingerprint density at radius 1 is 1.00 bits per heavy atom. The van der Waals surface area contributed by atoms with Gasteiger partial charge in [0.15, 0.2) is 0 Å². The molecule has 23 heavy (non-hydrogen) atoms. The zero-order chi connectivity index (χ0) is 17.2. The number of benzene rings is 1. The Kier molecular flexibility index (Phi) is 8.53. The highest BCUT2D eigenvalue weighted by Gasteiger charge is 2.11. The van der Waals surface area contributed by atoms with E-state index in [2.05, 4.69) is 75.8 Å². The molecule has 2 heteroatoms. The molecule has 0 saturated carbocycles. The predicted molar refractivity (Wildman–Crippen MR) is 103 cm³/mol. The van der Waals surface area contributed by atoms with Gasteiger partial charge >= 0.3 is 0 Å². The van der Waals surface area contributed by atoms with E-state index in [-0.39, 0.29) is 0 Å². The Labute approximate surface area is 143 Å². The van der Waals surface area contributed by atoms with Gasteiger partial charge in [0.05, 0.1) is 5.82 Å². The van der Waals surface area contributed by atoms with Crippen LogP contribution in [0.1, 0.15) is 58.9 Å². The highest BCUT2D eigenvalue weighted by molar-refractivity contribution is 5.48. The average molecular weight is 315 g/mol. The van der Waals surface area contributed by atoms with Crippen LogP contribution >= 0.6 is 0 Å². The van der Waals surface area contributed by atoms with Crippen LogP contribution in [0.2, 0.25) is 0 Å². The number of rotatable bonds is 11. The lowest BCUT2D eigenvalue weighted by atomic mass is 9.95. The molecule has 1 aromatic rings. The molecular formula is C21H34N2. The van der Waals surface area contributed by atoms with Crippen molar-refractivity contribution in [1.29, 1.82) is 0 Å². The minimum absolute atomic E-state index is 0.416. The number of unbranched alkanes of at least 4 members (excludes halogenated alkanes) is 3. The second-order valence-electron chi connectivity index (χ2n) is 6.79. The van der Waals surface area contributed by atoms with Crippen molar-refractivity contribution < 1.29 is 0 Å². The first kappa shape index (κ1) is 19.3. The summed E-state index contributed by atoms with van der Waals surface area (Å²) in [6.07, 6.45) is 6.40. The molecule has 0 aromatic heterocycles. The lowest BCUT2D eigenvalue weighted by molar-refractivity contribution is 0.463. The Bertz CT molecular complexity index is 485. The molecule has 2 N–H and O–H groups in total. The van der Waals surface area contributed by atoms with E-state index in [1.807, 2.05) is 0 Å². The van der Waals surface area contributed by atoms with E-state index in [1.165, 1.54) is 37.7 Å². The van der Waals surface area contributed by atoms with Crippen LogP contribution in [-0.2, 0) is 6.42 Å². The van der Waals surface area contributed by atoms with Crippen LogP contribution in [0.25, 0.3) is 0 Å². The van der Waals surface area contributed by atoms with Gasteiger partial charge in [0.25, 0.3) is 0 Å². The van der Waals surface area contributed by atoms with Gasteiger partial charge in [-0.1, -0.05) is 72.2 Å². The fourth-order valence-electron chi connectivity index (χ4n) is 2.43. The quantitative estimate of drug-likeness (QED) is 0.483. The van der Waals surface area contributed by atoms with Crippen molar-refractivity contribution in [2.75, 3.05) is 5.32 Å². The Hall–Kier alpha value is -1.70. The maximum Gasteiger partial charge on any atom is 0.0999 e. The van der Waals surface area contributed by atoms with Crippen molar-refractivity contribution in [3.05, 3.63) is 54.5 Å². The van der Waals surface area contributed by atoms with Crippen molar-refractivity contribution in [2.24, 2.45) is 11.8 Å². The van der Waals surface area contributed by atoms with Gasteiger partial charge in [-0.05, 0) is 42.4 Å². The third kappa shape index (κ3) is 7.40. The number of hydrogen-bond donors (Lipinski definition) is 2. The van der Waals surface area contributed by atoms with Crippen LogP contribution in [0.3, 0.4) is 0 Å². The molecule has 0 aliphatic carbocycles. The molecule has 0 bridgehead atoms. The fraction of sp³-hybridized carbons (Fsp3) is 0.524. The van der Waals surface area contributed by atoms with Gasteiger partial charge in [0.2, 0.25) is 0 Å². The summed E-state index contributed by atoms with van der Waals surface area (Å²) in [6.45, 7) is 17.0. The molecule has 0 amide bonds. The number of allylic oxidation sites excluding steroid dienone is 1. The van der Waals surface area contributed by atoms with Crippen LogP contribution in [0.15, 0.2) is 48.9 Å². The molecule has 1 atom stereocenters. The molecule has 0 fully saturated rings. The van der Waals surface area contributed by atoms with E-state index < -0.39 is 0 Å². The van der Waals surface area contributed by atoms with Crippen molar-refractivity contribution in [2.45, 2.75) is 59.8 Å². The normalized spacial score (nSPS) is 12.0. The van der Waals surface area contributed by atoms with Crippen LogP contribution in [0, 0.1) is 11.8 Å². The summed E-state index contributed by atoms with van der Waals surface area (Å²) in [5.41, 5.74) is 3.47. The van der Waals surface area contributed by atoms with Gasteiger partial charge in [-0.15, -0.1) is 0 Å². The van der Waals surface area contributed by atoms with Gasteiger partial charge in [0, 0.05) is 11.4 Å². The number of nitrogens with one attached hydrogen (secondary N) is 2. The maximum absolute atomic E-state index is 4.11. The molecular weight excluding hydrogens is 280 g/mol. The molecule has 0 aliphatic heterocycles.